The standard InChI is InChI=1S/C16H12N2O3/c19-10-13-9-12-3-1-2-4-15(12)17-16(13)11-5-7-14(8-6-11)18(20)21/h1-10,16-17H/t16-/m1/s1. The molecule has 0 fully saturated rings. The Morgan fingerprint density at radius 2 is 1.81 bits per heavy atom. The van der Waals surface area contributed by atoms with Crippen LogP contribution in [0.5, 0.6) is 0 Å². The molecule has 2 aromatic carbocycles. The fourth-order valence-corrected chi connectivity index (χ4v) is 2.42. The Balaban J connectivity index is 1.99. The van der Waals surface area contributed by atoms with Gasteiger partial charge in [-0.1, -0.05) is 18.2 Å². The predicted molar refractivity (Wildman–Crippen MR) is 79.9 cm³/mol. The number of carbonyl (C=O) groups excluding carboxylic acids is 1. The Kier molecular flexibility index (Phi) is 3.23. The molecule has 1 aliphatic rings. The molecule has 21 heavy (non-hydrogen) atoms. The molecule has 0 unspecified atom stereocenters. The highest BCUT2D eigenvalue weighted by molar-refractivity contribution is 5.89. The van der Waals surface area contributed by atoms with E-state index >= 15 is 0 Å². The van der Waals surface area contributed by atoms with E-state index in [9.17, 15) is 14.9 Å². The minimum absolute atomic E-state index is 0.0339. The van der Waals surface area contributed by atoms with Gasteiger partial charge in [-0.25, -0.2) is 0 Å². The lowest BCUT2D eigenvalue weighted by Crippen LogP contribution is -2.18. The number of hydrogen-bond donors (Lipinski definition) is 1. The van der Waals surface area contributed by atoms with E-state index in [0.29, 0.717) is 5.57 Å². The maximum absolute atomic E-state index is 11.3. The van der Waals surface area contributed by atoms with Crippen molar-refractivity contribution < 1.29 is 9.72 Å². The maximum atomic E-state index is 11.3. The van der Waals surface area contributed by atoms with E-state index in [-0.39, 0.29) is 11.7 Å². The van der Waals surface area contributed by atoms with Crippen LogP contribution in [0.25, 0.3) is 6.08 Å². The van der Waals surface area contributed by atoms with Crippen molar-refractivity contribution in [3.8, 4) is 0 Å². The smallest absolute Gasteiger partial charge is 0.269 e. The molecule has 1 N–H and O–H groups in total. The lowest BCUT2D eigenvalue weighted by molar-refractivity contribution is -0.384. The molecule has 0 saturated carbocycles. The van der Waals surface area contributed by atoms with E-state index in [1.165, 1.54) is 12.1 Å². The van der Waals surface area contributed by atoms with E-state index < -0.39 is 4.92 Å². The number of nitrogens with one attached hydrogen (secondary N) is 1. The number of rotatable bonds is 3. The fraction of sp³-hybridized carbons (Fsp3) is 0.0625. The minimum atomic E-state index is -0.441. The Morgan fingerprint density at radius 3 is 2.48 bits per heavy atom. The number of para-hydroxylation sites is 1. The zero-order valence-electron chi connectivity index (χ0n) is 11.0. The summed E-state index contributed by atoms with van der Waals surface area (Å²) < 4.78 is 0. The normalized spacial score (nSPS) is 16.4. The first-order chi connectivity index (χ1) is 10.2. The van der Waals surface area contributed by atoms with E-state index in [1.807, 2.05) is 30.3 Å². The number of nitro benzene ring substituents is 1. The van der Waals surface area contributed by atoms with Gasteiger partial charge in [0, 0.05) is 23.4 Å². The molecule has 0 radical (unpaired) electrons. The number of hydrogen-bond acceptors (Lipinski definition) is 4. The molecular weight excluding hydrogens is 268 g/mol. The van der Waals surface area contributed by atoms with E-state index in [0.717, 1.165) is 23.1 Å². The van der Waals surface area contributed by atoms with Gasteiger partial charge in [0.1, 0.15) is 6.29 Å². The van der Waals surface area contributed by atoms with Crippen molar-refractivity contribution in [3.63, 3.8) is 0 Å². The van der Waals surface area contributed by atoms with Crippen molar-refractivity contribution in [2.45, 2.75) is 6.04 Å². The Labute approximate surface area is 121 Å². The molecule has 0 spiro atoms. The molecule has 0 aliphatic carbocycles. The number of carbonyl (C=O) groups is 1. The fourth-order valence-electron chi connectivity index (χ4n) is 2.42. The average Bonchev–Trinajstić information content (AvgIpc) is 2.53. The number of aldehydes is 1. The lowest BCUT2D eigenvalue weighted by Gasteiger charge is -2.26. The third-order valence-electron chi connectivity index (χ3n) is 3.49. The summed E-state index contributed by atoms with van der Waals surface area (Å²) >= 11 is 0. The largest absolute Gasteiger partial charge is 0.374 e. The summed E-state index contributed by atoms with van der Waals surface area (Å²) in [5.74, 6) is 0. The molecule has 0 saturated heterocycles. The second-order valence-electron chi connectivity index (χ2n) is 4.78. The predicted octanol–water partition coefficient (Wildman–Crippen LogP) is 3.34. The van der Waals surface area contributed by atoms with Gasteiger partial charge in [0.25, 0.3) is 5.69 Å². The van der Waals surface area contributed by atoms with Crippen LogP contribution in [0.15, 0.2) is 54.1 Å². The number of nitro groups is 1. The van der Waals surface area contributed by atoms with E-state index in [1.54, 1.807) is 12.1 Å². The molecule has 3 rings (SSSR count). The second-order valence-corrected chi connectivity index (χ2v) is 4.78. The van der Waals surface area contributed by atoms with Crippen LogP contribution in [0.4, 0.5) is 11.4 Å². The molecule has 2 aromatic rings. The highest BCUT2D eigenvalue weighted by Gasteiger charge is 2.22. The molecule has 104 valence electrons. The zero-order chi connectivity index (χ0) is 14.8. The molecule has 5 nitrogen and oxygen atoms in total. The Morgan fingerprint density at radius 1 is 1.10 bits per heavy atom. The van der Waals surface area contributed by atoms with Gasteiger partial charge in [-0.3, -0.25) is 14.9 Å². The first-order valence-electron chi connectivity index (χ1n) is 6.46. The highest BCUT2D eigenvalue weighted by atomic mass is 16.6. The minimum Gasteiger partial charge on any atom is -0.374 e. The number of non-ortho nitro benzene ring substituents is 1. The average molecular weight is 280 g/mol. The summed E-state index contributed by atoms with van der Waals surface area (Å²) in [5, 5.41) is 14.0. The van der Waals surface area contributed by atoms with Crippen molar-refractivity contribution in [1.82, 2.24) is 0 Å². The summed E-state index contributed by atoms with van der Waals surface area (Å²) in [4.78, 5) is 21.6. The number of benzene rings is 2. The van der Waals surface area contributed by atoms with Crippen molar-refractivity contribution in [3.05, 3.63) is 75.3 Å². The molecular formula is C16H12N2O3. The SMILES string of the molecule is O=CC1=Cc2ccccc2N[C@@H]1c1ccc([N+](=O)[O-])cc1. The molecule has 1 heterocycles. The number of fused-ring (bicyclic) bond motifs is 1. The van der Waals surface area contributed by atoms with E-state index in [2.05, 4.69) is 5.32 Å². The molecule has 1 atom stereocenters. The van der Waals surface area contributed by atoms with Gasteiger partial charge in [0.05, 0.1) is 11.0 Å². The summed E-state index contributed by atoms with van der Waals surface area (Å²) in [7, 11) is 0. The van der Waals surface area contributed by atoms with Crippen LogP contribution in [-0.2, 0) is 4.79 Å². The Hall–Kier alpha value is -2.95. The first kappa shape index (κ1) is 13.1. The summed E-state index contributed by atoms with van der Waals surface area (Å²) in [5.41, 5.74) is 3.34. The van der Waals surface area contributed by atoms with Crippen LogP contribution in [0.2, 0.25) is 0 Å². The lowest BCUT2D eigenvalue weighted by atomic mass is 9.93. The first-order valence-corrected chi connectivity index (χ1v) is 6.46. The highest BCUT2D eigenvalue weighted by Crippen LogP contribution is 2.34. The molecule has 1 aliphatic heterocycles. The van der Waals surface area contributed by atoms with Crippen LogP contribution >= 0.6 is 0 Å². The maximum Gasteiger partial charge on any atom is 0.269 e. The van der Waals surface area contributed by atoms with Crippen LogP contribution in [0.3, 0.4) is 0 Å². The summed E-state index contributed by atoms with van der Waals surface area (Å²) in [6.07, 6.45) is 2.65. The molecule has 0 bridgehead atoms. The van der Waals surface area contributed by atoms with Gasteiger partial charge in [0.15, 0.2) is 0 Å². The van der Waals surface area contributed by atoms with Gasteiger partial charge in [-0.15, -0.1) is 0 Å². The van der Waals surface area contributed by atoms with Crippen LogP contribution in [0, 0.1) is 10.1 Å². The monoisotopic (exact) mass is 280 g/mol. The van der Waals surface area contributed by atoms with Crippen LogP contribution in [0.1, 0.15) is 17.2 Å². The summed E-state index contributed by atoms with van der Waals surface area (Å²) in [6, 6.07) is 13.6. The van der Waals surface area contributed by atoms with Crippen molar-refractivity contribution in [2.75, 3.05) is 5.32 Å². The van der Waals surface area contributed by atoms with Gasteiger partial charge < -0.3 is 5.32 Å². The molecule has 0 aromatic heterocycles. The van der Waals surface area contributed by atoms with Gasteiger partial charge >= 0.3 is 0 Å². The van der Waals surface area contributed by atoms with Gasteiger partial charge in [-0.05, 0) is 35.4 Å². The third kappa shape index (κ3) is 2.41. The third-order valence-corrected chi connectivity index (χ3v) is 3.49. The van der Waals surface area contributed by atoms with Gasteiger partial charge in [0.2, 0.25) is 0 Å². The van der Waals surface area contributed by atoms with E-state index in [4.69, 9.17) is 0 Å². The number of nitrogens with zero attached hydrogens (tertiary/aromatic N) is 1. The Bertz CT molecular complexity index is 735. The number of anilines is 1. The molecule has 0 amide bonds. The second kappa shape index (κ2) is 5.20. The quantitative estimate of drug-likeness (QED) is 0.531. The van der Waals surface area contributed by atoms with Crippen molar-refractivity contribution in [2.24, 2.45) is 0 Å². The van der Waals surface area contributed by atoms with Crippen molar-refractivity contribution >= 4 is 23.7 Å². The van der Waals surface area contributed by atoms with Crippen LogP contribution in [-0.4, -0.2) is 11.2 Å². The van der Waals surface area contributed by atoms with Gasteiger partial charge in [-0.2, -0.15) is 0 Å². The summed E-state index contributed by atoms with van der Waals surface area (Å²) in [6.45, 7) is 0. The molecule has 5 heteroatoms. The van der Waals surface area contributed by atoms with Crippen molar-refractivity contribution in [1.29, 1.82) is 0 Å². The zero-order valence-corrected chi connectivity index (χ0v) is 11.0. The van der Waals surface area contributed by atoms with Crippen LogP contribution < -0.4 is 5.32 Å². The topological polar surface area (TPSA) is 72.2 Å².